The summed E-state index contributed by atoms with van der Waals surface area (Å²) in [7, 11) is -3.15. The molecule has 0 radical (unpaired) electrons. The largest absolute Gasteiger partial charge is 0.444 e. The van der Waals surface area contributed by atoms with Crippen LogP contribution in [0.4, 0.5) is 43.0 Å². The van der Waals surface area contributed by atoms with Crippen LogP contribution >= 0.6 is 23.4 Å². The van der Waals surface area contributed by atoms with Gasteiger partial charge in [-0.25, -0.2) is 49.7 Å². The van der Waals surface area contributed by atoms with E-state index in [9.17, 15) is 46.0 Å². The van der Waals surface area contributed by atoms with Crippen molar-refractivity contribution >= 4 is 79.8 Å². The molecule has 3 heterocycles. The van der Waals surface area contributed by atoms with Crippen LogP contribution in [0.3, 0.4) is 0 Å². The normalized spacial score (nSPS) is 17.9. The number of carbonyl (C=O) groups excluding carboxylic acids is 5. The van der Waals surface area contributed by atoms with E-state index in [-0.39, 0.29) is 97.9 Å². The summed E-state index contributed by atoms with van der Waals surface area (Å²) in [4.78, 5) is 75.5. The van der Waals surface area contributed by atoms with E-state index >= 15 is 13.6 Å². The Balaban J connectivity index is 0.924. The lowest BCUT2D eigenvalue weighted by Crippen LogP contribution is -2.56. The fourth-order valence-electron chi connectivity index (χ4n) is 9.86. The van der Waals surface area contributed by atoms with Crippen LogP contribution in [0.2, 0.25) is 5.02 Å². The summed E-state index contributed by atoms with van der Waals surface area (Å²) in [5.41, 5.74) is -0.734. The molecule has 20 nitrogen and oxygen atoms in total. The van der Waals surface area contributed by atoms with Gasteiger partial charge in [0.1, 0.15) is 50.9 Å². The second-order valence-electron chi connectivity index (χ2n) is 21.5. The summed E-state index contributed by atoms with van der Waals surface area (Å²) in [6, 6.07) is 19.5. The number of urea groups is 1. The van der Waals surface area contributed by atoms with Gasteiger partial charge in [-0.1, -0.05) is 71.9 Å². The molecule has 3 aliphatic rings. The van der Waals surface area contributed by atoms with Gasteiger partial charge in [0.05, 0.1) is 43.0 Å². The number of carbonyl (C=O) groups is 5. The first-order valence-corrected chi connectivity index (χ1v) is 30.2. The molecule has 1 aromatic heterocycles. The number of hydrogen-bond acceptors (Lipinski definition) is 14. The van der Waals surface area contributed by atoms with Crippen molar-refractivity contribution in [2.75, 3.05) is 62.9 Å². The summed E-state index contributed by atoms with van der Waals surface area (Å²) in [5.74, 6) is -8.47. The van der Waals surface area contributed by atoms with Crippen LogP contribution in [0.1, 0.15) is 87.6 Å². The molecule has 4 aromatic carbocycles. The van der Waals surface area contributed by atoms with Gasteiger partial charge in [-0.2, -0.15) is 15.4 Å². The second kappa shape index (κ2) is 28.0. The second-order valence-corrected chi connectivity index (χ2v) is 25.0. The molecule has 3 N–H and O–H groups in total. The number of aromatic nitrogens is 1. The van der Waals surface area contributed by atoms with Crippen molar-refractivity contribution in [3.63, 3.8) is 0 Å². The summed E-state index contributed by atoms with van der Waals surface area (Å²) in [5, 5.41) is 20.6. The molecule has 2 unspecified atom stereocenters. The monoisotopic (exact) mass is 1260 g/mol. The Morgan fingerprint density at radius 2 is 1.62 bits per heavy atom. The van der Waals surface area contributed by atoms with Crippen LogP contribution in [0.25, 0.3) is 0 Å². The fraction of sp³-hybridized carbons (Fsp3) is 0.390. The lowest BCUT2D eigenvalue weighted by atomic mass is 9.87. The number of ether oxygens (including phenoxy) is 3. The van der Waals surface area contributed by atoms with E-state index in [0.29, 0.717) is 18.1 Å². The first kappa shape index (κ1) is 65.2. The summed E-state index contributed by atoms with van der Waals surface area (Å²) in [6.07, 6.45) is -0.721. The smallest absolute Gasteiger partial charge is 0.407 e. The highest BCUT2D eigenvalue weighted by Crippen LogP contribution is 2.51. The van der Waals surface area contributed by atoms with Crippen molar-refractivity contribution in [1.82, 2.24) is 30.2 Å². The van der Waals surface area contributed by atoms with E-state index < -0.39 is 115 Å². The zero-order chi connectivity index (χ0) is 62.8. The fourth-order valence-corrected chi connectivity index (χ4v) is 12.6. The Hall–Kier alpha value is -7.74. The van der Waals surface area contributed by atoms with E-state index in [1.165, 1.54) is 59.6 Å². The minimum absolute atomic E-state index is 0.0103. The Kier molecular flexibility index (Phi) is 21.0. The molecule has 1 saturated carbocycles. The topological polar surface area (TPSA) is 245 Å². The van der Waals surface area contributed by atoms with Crippen molar-refractivity contribution < 1.29 is 68.6 Å². The summed E-state index contributed by atoms with van der Waals surface area (Å²) in [6.45, 7) is 4.61. The number of halogens is 6. The van der Waals surface area contributed by atoms with Crippen molar-refractivity contribution in [1.29, 1.82) is 5.26 Å². The summed E-state index contributed by atoms with van der Waals surface area (Å²) >= 11 is 7.73. The number of hydrazone groups is 1. The Bertz CT molecular complexity index is 3560. The molecule has 28 heteroatoms. The van der Waals surface area contributed by atoms with Crippen LogP contribution in [-0.4, -0.2) is 135 Å². The SMILES string of the molecule is CN(CCOCCOCCNS(=O)(=O)c1cc(F)cc(N(C(=O)[C@@H]2CCC(=O)N2c2cc(C#N)ccn2)C(C(=O)NC2CC(F)(F)C2)c2ccccc2Cl)c1)C(=O)N1N=C(c2cc(F)ccc2F)SC1(CCCNC(=O)OC(C)(C)C)c1ccccc1. The van der Waals surface area contributed by atoms with E-state index in [4.69, 9.17) is 25.8 Å². The van der Waals surface area contributed by atoms with E-state index in [2.05, 4.69) is 25.4 Å². The maximum atomic E-state index is 16.0. The number of rotatable bonds is 24. The average Bonchev–Trinajstić information content (AvgIpc) is 1.79. The molecule has 8 rings (SSSR count). The van der Waals surface area contributed by atoms with Crippen LogP contribution in [-0.2, 0) is 43.5 Å². The lowest BCUT2D eigenvalue weighted by Gasteiger charge is -2.39. The van der Waals surface area contributed by atoms with Crippen LogP contribution < -0.4 is 25.2 Å². The molecule has 0 bridgehead atoms. The maximum Gasteiger partial charge on any atom is 0.407 e. The van der Waals surface area contributed by atoms with Crippen molar-refractivity contribution in [2.45, 2.75) is 98.7 Å². The number of sulfonamides is 1. The van der Waals surface area contributed by atoms with Gasteiger partial charge < -0.3 is 29.7 Å². The molecular weight excluding hydrogens is 1200 g/mol. The van der Waals surface area contributed by atoms with Gasteiger partial charge in [-0.05, 0) is 100 Å². The van der Waals surface area contributed by atoms with Gasteiger partial charge in [-0.3, -0.25) is 24.2 Å². The Labute approximate surface area is 508 Å². The van der Waals surface area contributed by atoms with Crippen LogP contribution in [0, 0.1) is 28.8 Å². The molecule has 462 valence electrons. The number of hydrogen-bond donors (Lipinski definition) is 3. The van der Waals surface area contributed by atoms with Gasteiger partial charge in [-0.15, -0.1) is 0 Å². The minimum atomic E-state index is -4.65. The molecule has 87 heavy (non-hydrogen) atoms. The third-order valence-electron chi connectivity index (χ3n) is 14.0. The van der Waals surface area contributed by atoms with Crippen molar-refractivity contribution in [3.8, 4) is 6.07 Å². The number of pyridine rings is 1. The van der Waals surface area contributed by atoms with Gasteiger partial charge in [0, 0.05) is 80.0 Å². The first-order valence-electron chi connectivity index (χ1n) is 27.5. The van der Waals surface area contributed by atoms with E-state index in [1.54, 1.807) is 51.1 Å². The molecule has 1 saturated heterocycles. The molecule has 1 aliphatic carbocycles. The Morgan fingerprint density at radius 3 is 2.32 bits per heavy atom. The van der Waals surface area contributed by atoms with E-state index in [1.807, 2.05) is 6.07 Å². The number of nitrogens with zero attached hydrogens (tertiary/aromatic N) is 7. The number of benzene rings is 4. The number of alkyl carbamates (subject to hydrolysis) is 1. The number of nitrogens with one attached hydrogen (secondary N) is 3. The predicted molar refractivity (Wildman–Crippen MR) is 312 cm³/mol. The van der Waals surface area contributed by atoms with Crippen LogP contribution in [0.5, 0.6) is 0 Å². The zero-order valence-electron chi connectivity index (χ0n) is 47.6. The van der Waals surface area contributed by atoms with Gasteiger partial charge >= 0.3 is 12.1 Å². The van der Waals surface area contributed by atoms with Crippen molar-refractivity contribution in [2.24, 2.45) is 5.10 Å². The third-order valence-corrected chi connectivity index (χ3v) is 17.2. The van der Waals surface area contributed by atoms with Gasteiger partial charge in [0.15, 0.2) is 0 Å². The maximum absolute atomic E-state index is 16.0. The number of alkyl halides is 2. The lowest BCUT2D eigenvalue weighted by molar-refractivity contribution is -0.133. The number of amides is 6. The molecule has 2 fully saturated rings. The zero-order valence-corrected chi connectivity index (χ0v) is 50.0. The van der Waals surface area contributed by atoms with E-state index in [0.717, 1.165) is 51.9 Å². The standard InChI is InChI=1S/C59H62ClF5N10O10S2/c1-57(2,3)85-55(79)68-21-10-20-59(38-11-6-5-7-12-38)75(71-53(86-59)45-32-39(61)15-16-47(45)63)56(80)72(4)24-26-84-28-27-83-25-23-69-87(81,82)43-31-40(62)30-42(33-43)73(54(78)48-17-18-50(76)74(48)49-29-37(36-66)19-22-67-49)51(44-13-8-9-14-46(44)60)52(77)70-41-34-58(64,65)35-41/h5-9,11-16,19,22,29-33,41,48,51,69H,10,17-18,20-21,23-28,34-35H2,1-4H3,(H,68,79)(H,70,77)/t48-,51?,59?/m0/s1. The third kappa shape index (κ3) is 16.1. The molecule has 0 spiro atoms. The number of likely N-dealkylation sites (N-methyl/N-ethyl adjacent to an activating group) is 1. The number of thioether (sulfide) groups is 1. The van der Waals surface area contributed by atoms with Crippen molar-refractivity contribution in [3.05, 3.63) is 154 Å². The first-order chi connectivity index (χ1) is 41.3. The average molecular weight is 1270 g/mol. The summed E-state index contributed by atoms with van der Waals surface area (Å²) < 4.78 is 121. The Morgan fingerprint density at radius 1 is 0.908 bits per heavy atom. The molecular formula is C59H62ClF5N10O10S2. The van der Waals surface area contributed by atoms with Gasteiger partial charge in [0.25, 0.3) is 11.8 Å². The predicted octanol–water partition coefficient (Wildman–Crippen LogP) is 9.14. The minimum Gasteiger partial charge on any atom is -0.444 e. The molecule has 2 aliphatic heterocycles. The quantitative estimate of drug-likeness (QED) is 0.0386. The molecule has 5 aromatic rings. The molecule has 3 atom stereocenters. The highest BCUT2D eigenvalue weighted by atomic mass is 35.5. The number of nitriles is 1. The highest BCUT2D eigenvalue weighted by molar-refractivity contribution is 8.15. The highest BCUT2D eigenvalue weighted by Gasteiger charge is 2.51. The number of anilines is 2. The molecule has 6 amide bonds. The van der Waals surface area contributed by atoms with Crippen LogP contribution in [0.15, 0.2) is 119 Å². The van der Waals surface area contributed by atoms with Gasteiger partial charge in [0.2, 0.25) is 21.8 Å².